The molecule has 0 rings (SSSR count). The molecule has 0 fully saturated rings. The highest BCUT2D eigenvalue weighted by molar-refractivity contribution is 9.12. The number of halogens is 2. The molecular formula is C9H17Br2N. The summed E-state index contributed by atoms with van der Waals surface area (Å²) in [5.74, 6) is 0.667. The van der Waals surface area contributed by atoms with E-state index in [1.54, 1.807) is 0 Å². The largest absolute Gasteiger partial charge is 0.296 e. The summed E-state index contributed by atoms with van der Waals surface area (Å²) in [6, 6.07) is 0. The fraction of sp³-hybridized carbons (Fsp3) is 0.889. The van der Waals surface area contributed by atoms with Crippen molar-refractivity contribution in [2.75, 3.05) is 11.9 Å². The average Bonchev–Trinajstić information content (AvgIpc) is 2.12. The Morgan fingerprint density at radius 1 is 1.33 bits per heavy atom. The number of alkyl halides is 2. The standard InChI is InChI=1S/C9H17Br2N/c1-3-8(4-2)6-12-7-9(11)5-10/h6,8-9H,3-5,7H2,1-2H3. The SMILES string of the molecule is CCC(C=NCC(Br)CBr)CC. The lowest BCUT2D eigenvalue weighted by molar-refractivity contribution is 0.652. The zero-order valence-corrected chi connectivity index (χ0v) is 10.9. The highest BCUT2D eigenvalue weighted by Gasteiger charge is 2.00. The Morgan fingerprint density at radius 2 is 1.92 bits per heavy atom. The van der Waals surface area contributed by atoms with Gasteiger partial charge in [-0.1, -0.05) is 45.7 Å². The van der Waals surface area contributed by atoms with Gasteiger partial charge in [-0.05, 0) is 18.8 Å². The Bertz CT molecular complexity index is 122. The van der Waals surface area contributed by atoms with Gasteiger partial charge in [0, 0.05) is 16.4 Å². The predicted octanol–water partition coefficient (Wildman–Crippen LogP) is 3.65. The molecule has 1 atom stereocenters. The van der Waals surface area contributed by atoms with E-state index in [0.29, 0.717) is 10.7 Å². The topological polar surface area (TPSA) is 12.4 Å². The molecule has 0 aromatic heterocycles. The van der Waals surface area contributed by atoms with Gasteiger partial charge in [-0.2, -0.15) is 0 Å². The summed E-state index contributed by atoms with van der Waals surface area (Å²) in [5.41, 5.74) is 0. The van der Waals surface area contributed by atoms with Crippen molar-refractivity contribution in [1.82, 2.24) is 0 Å². The lowest BCUT2D eigenvalue weighted by Crippen LogP contribution is -2.05. The van der Waals surface area contributed by atoms with E-state index in [-0.39, 0.29) is 0 Å². The lowest BCUT2D eigenvalue weighted by atomic mass is 10.1. The maximum atomic E-state index is 4.38. The second kappa shape index (κ2) is 8.24. The van der Waals surface area contributed by atoms with Gasteiger partial charge >= 0.3 is 0 Å². The lowest BCUT2D eigenvalue weighted by Gasteiger charge is -2.05. The van der Waals surface area contributed by atoms with Gasteiger partial charge in [-0.25, -0.2) is 0 Å². The van der Waals surface area contributed by atoms with E-state index < -0.39 is 0 Å². The van der Waals surface area contributed by atoms with Gasteiger partial charge in [0.05, 0.1) is 6.54 Å². The molecule has 0 N–H and O–H groups in total. The van der Waals surface area contributed by atoms with E-state index in [1.807, 2.05) is 0 Å². The molecule has 72 valence electrons. The zero-order valence-electron chi connectivity index (χ0n) is 7.76. The van der Waals surface area contributed by atoms with Crippen LogP contribution in [0.3, 0.4) is 0 Å². The fourth-order valence-corrected chi connectivity index (χ4v) is 1.24. The van der Waals surface area contributed by atoms with Crippen molar-refractivity contribution >= 4 is 38.1 Å². The molecule has 0 spiro atoms. The van der Waals surface area contributed by atoms with Crippen molar-refractivity contribution in [2.24, 2.45) is 10.9 Å². The van der Waals surface area contributed by atoms with Crippen LogP contribution in [0.25, 0.3) is 0 Å². The smallest absolute Gasteiger partial charge is 0.0519 e. The Kier molecular flexibility index (Phi) is 8.67. The maximum Gasteiger partial charge on any atom is 0.0519 e. The third-order valence-corrected chi connectivity index (χ3v) is 4.10. The van der Waals surface area contributed by atoms with E-state index in [4.69, 9.17) is 0 Å². The van der Waals surface area contributed by atoms with Crippen LogP contribution in [0.1, 0.15) is 26.7 Å². The van der Waals surface area contributed by atoms with Gasteiger partial charge in [-0.3, -0.25) is 4.99 Å². The van der Waals surface area contributed by atoms with Gasteiger partial charge < -0.3 is 0 Å². The van der Waals surface area contributed by atoms with E-state index in [9.17, 15) is 0 Å². The van der Waals surface area contributed by atoms with Crippen LogP contribution in [0.4, 0.5) is 0 Å². The predicted molar refractivity (Wildman–Crippen MR) is 63.9 cm³/mol. The summed E-state index contributed by atoms with van der Waals surface area (Å²) in [6.45, 7) is 5.29. The minimum Gasteiger partial charge on any atom is -0.296 e. The highest BCUT2D eigenvalue weighted by atomic mass is 79.9. The first-order valence-electron chi connectivity index (χ1n) is 4.44. The van der Waals surface area contributed by atoms with Crippen LogP contribution < -0.4 is 0 Å². The summed E-state index contributed by atoms with van der Waals surface area (Å²) in [5, 5.41) is 0.966. The van der Waals surface area contributed by atoms with Crippen molar-refractivity contribution in [3.05, 3.63) is 0 Å². The van der Waals surface area contributed by atoms with Crippen LogP contribution in [0.2, 0.25) is 0 Å². The Hall–Kier alpha value is 0.630. The monoisotopic (exact) mass is 297 g/mol. The minimum absolute atomic E-state index is 0.475. The van der Waals surface area contributed by atoms with Crippen molar-refractivity contribution in [1.29, 1.82) is 0 Å². The Labute approximate surface area is 92.3 Å². The normalized spacial score (nSPS) is 14.4. The van der Waals surface area contributed by atoms with Gasteiger partial charge in [0.1, 0.15) is 0 Å². The van der Waals surface area contributed by atoms with Crippen LogP contribution in [-0.2, 0) is 0 Å². The molecule has 0 aliphatic rings. The molecule has 0 amide bonds. The number of hydrogen-bond donors (Lipinski definition) is 0. The van der Waals surface area contributed by atoms with Crippen LogP contribution in [0.15, 0.2) is 4.99 Å². The van der Waals surface area contributed by atoms with Crippen LogP contribution in [0.5, 0.6) is 0 Å². The van der Waals surface area contributed by atoms with Crippen LogP contribution >= 0.6 is 31.9 Å². The first kappa shape index (κ1) is 12.6. The van der Waals surface area contributed by atoms with E-state index in [1.165, 1.54) is 12.8 Å². The number of nitrogens with zero attached hydrogens (tertiary/aromatic N) is 1. The van der Waals surface area contributed by atoms with Crippen molar-refractivity contribution in [3.8, 4) is 0 Å². The molecule has 0 aromatic rings. The first-order valence-corrected chi connectivity index (χ1v) is 6.48. The number of hydrogen-bond acceptors (Lipinski definition) is 1. The number of aliphatic imine (C=N–C) groups is 1. The van der Waals surface area contributed by atoms with E-state index in [2.05, 4.69) is 56.9 Å². The molecule has 0 aliphatic carbocycles. The average molecular weight is 299 g/mol. The van der Waals surface area contributed by atoms with E-state index >= 15 is 0 Å². The Balaban J connectivity index is 3.58. The van der Waals surface area contributed by atoms with Gasteiger partial charge in [0.2, 0.25) is 0 Å². The molecule has 0 bridgehead atoms. The van der Waals surface area contributed by atoms with Crippen molar-refractivity contribution < 1.29 is 0 Å². The summed E-state index contributed by atoms with van der Waals surface area (Å²) in [6.07, 6.45) is 4.49. The first-order chi connectivity index (χ1) is 5.74. The summed E-state index contributed by atoms with van der Waals surface area (Å²) >= 11 is 6.91. The molecule has 0 heterocycles. The molecule has 0 radical (unpaired) electrons. The quantitative estimate of drug-likeness (QED) is 0.524. The fourth-order valence-electron chi connectivity index (χ4n) is 0.873. The maximum absolute atomic E-state index is 4.38. The van der Waals surface area contributed by atoms with Gasteiger partial charge in [-0.15, -0.1) is 0 Å². The molecule has 3 heteroatoms. The summed E-state index contributed by atoms with van der Waals surface area (Å²) < 4.78 is 0. The van der Waals surface area contributed by atoms with Gasteiger partial charge in [0.25, 0.3) is 0 Å². The molecule has 0 aliphatic heterocycles. The van der Waals surface area contributed by atoms with Crippen molar-refractivity contribution in [3.63, 3.8) is 0 Å². The Morgan fingerprint density at radius 3 is 2.33 bits per heavy atom. The molecular weight excluding hydrogens is 282 g/mol. The van der Waals surface area contributed by atoms with Crippen molar-refractivity contribution in [2.45, 2.75) is 31.5 Å². The third kappa shape index (κ3) is 6.18. The highest BCUT2D eigenvalue weighted by Crippen LogP contribution is 2.06. The summed E-state index contributed by atoms with van der Waals surface area (Å²) in [4.78, 5) is 4.86. The van der Waals surface area contributed by atoms with Gasteiger partial charge in [0.15, 0.2) is 0 Å². The molecule has 1 nitrogen and oxygen atoms in total. The minimum atomic E-state index is 0.475. The molecule has 0 saturated carbocycles. The molecule has 0 aromatic carbocycles. The molecule has 0 saturated heterocycles. The van der Waals surface area contributed by atoms with Crippen LogP contribution in [-0.4, -0.2) is 22.9 Å². The zero-order chi connectivity index (χ0) is 9.40. The third-order valence-electron chi connectivity index (χ3n) is 1.84. The van der Waals surface area contributed by atoms with E-state index in [0.717, 1.165) is 11.9 Å². The summed E-state index contributed by atoms with van der Waals surface area (Å²) in [7, 11) is 0. The molecule has 1 unspecified atom stereocenters. The second-order valence-corrected chi connectivity index (χ2v) is 4.78. The second-order valence-electron chi connectivity index (χ2n) is 2.84. The molecule has 12 heavy (non-hydrogen) atoms. The number of rotatable bonds is 6. The van der Waals surface area contributed by atoms with Crippen LogP contribution in [0, 0.1) is 5.92 Å².